The molecule has 26 heavy (non-hydrogen) atoms. The van der Waals surface area contributed by atoms with Crippen molar-refractivity contribution >= 4 is 34.8 Å². The molecule has 138 valence electrons. The fourth-order valence-electron chi connectivity index (χ4n) is 2.33. The van der Waals surface area contributed by atoms with Gasteiger partial charge in [0.2, 0.25) is 11.8 Å². The van der Waals surface area contributed by atoms with E-state index < -0.39 is 23.6 Å². The Bertz CT molecular complexity index is 822. The summed E-state index contributed by atoms with van der Waals surface area (Å²) >= 11 is 6.00. The fraction of sp³-hybridized carbons (Fsp3) is 0.222. The number of halogens is 4. The monoisotopic (exact) mass is 384 g/mol. The van der Waals surface area contributed by atoms with Crippen molar-refractivity contribution in [2.75, 3.05) is 10.6 Å². The first-order chi connectivity index (χ1) is 12.2. The number of alkyl halides is 3. The zero-order chi connectivity index (χ0) is 19.3. The second-order valence-corrected chi connectivity index (χ2v) is 5.99. The van der Waals surface area contributed by atoms with Gasteiger partial charge < -0.3 is 10.6 Å². The lowest BCUT2D eigenvalue weighted by atomic mass is 10.1. The van der Waals surface area contributed by atoms with Gasteiger partial charge in [-0.25, -0.2) is 0 Å². The smallest absolute Gasteiger partial charge is 0.326 e. The minimum absolute atomic E-state index is 0.00103. The van der Waals surface area contributed by atoms with Gasteiger partial charge in [-0.15, -0.1) is 0 Å². The maximum atomic E-state index is 13.2. The number of carbonyl (C=O) groups is 2. The molecule has 2 aromatic carbocycles. The second-order valence-electron chi connectivity index (χ2n) is 5.58. The molecule has 0 heterocycles. The summed E-state index contributed by atoms with van der Waals surface area (Å²) in [5.74, 6) is -1.06. The van der Waals surface area contributed by atoms with E-state index >= 15 is 0 Å². The molecule has 8 heteroatoms. The molecule has 0 saturated heterocycles. The molecule has 0 radical (unpaired) electrons. The summed E-state index contributed by atoms with van der Waals surface area (Å²) < 4.78 is 39.7. The van der Waals surface area contributed by atoms with Crippen LogP contribution in [0.4, 0.5) is 24.5 Å². The number of amides is 2. The van der Waals surface area contributed by atoms with E-state index in [1.807, 2.05) is 0 Å². The molecule has 0 spiro atoms. The maximum absolute atomic E-state index is 13.2. The number of anilines is 2. The highest BCUT2D eigenvalue weighted by molar-refractivity contribution is 6.31. The van der Waals surface area contributed by atoms with Gasteiger partial charge in [0.15, 0.2) is 0 Å². The lowest BCUT2D eigenvalue weighted by Crippen LogP contribution is -2.17. The van der Waals surface area contributed by atoms with Crippen molar-refractivity contribution in [3.8, 4) is 0 Å². The molecule has 2 N–H and O–H groups in total. The number of rotatable bonds is 5. The highest BCUT2D eigenvalue weighted by Gasteiger charge is 2.34. The van der Waals surface area contributed by atoms with E-state index in [4.69, 9.17) is 11.6 Å². The van der Waals surface area contributed by atoms with Crippen LogP contribution in [0, 0.1) is 0 Å². The van der Waals surface area contributed by atoms with Crippen molar-refractivity contribution in [3.63, 3.8) is 0 Å². The normalized spacial score (nSPS) is 11.1. The van der Waals surface area contributed by atoms with Gasteiger partial charge in [-0.05, 0) is 36.2 Å². The van der Waals surface area contributed by atoms with Crippen LogP contribution in [0.5, 0.6) is 0 Å². The third-order valence-corrected chi connectivity index (χ3v) is 3.87. The van der Waals surface area contributed by atoms with Crippen LogP contribution in [0.1, 0.15) is 24.5 Å². The van der Waals surface area contributed by atoms with E-state index in [1.165, 1.54) is 13.0 Å². The number of carbonyl (C=O) groups excluding carboxylic acids is 2. The minimum atomic E-state index is -4.68. The lowest BCUT2D eigenvalue weighted by Gasteiger charge is -2.15. The zero-order valence-electron chi connectivity index (χ0n) is 13.8. The van der Waals surface area contributed by atoms with E-state index in [9.17, 15) is 22.8 Å². The van der Waals surface area contributed by atoms with Crippen molar-refractivity contribution < 1.29 is 22.8 Å². The van der Waals surface area contributed by atoms with Crippen LogP contribution in [-0.4, -0.2) is 11.8 Å². The summed E-state index contributed by atoms with van der Waals surface area (Å²) in [7, 11) is 0. The van der Waals surface area contributed by atoms with Crippen LogP contribution in [-0.2, 0) is 22.2 Å². The summed E-state index contributed by atoms with van der Waals surface area (Å²) in [6.45, 7) is 1.19. The molecule has 0 saturated carbocycles. The van der Waals surface area contributed by atoms with Gasteiger partial charge in [0.1, 0.15) is 0 Å². The molecular weight excluding hydrogens is 369 g/mol. The second kappa shape index (κ2) is 8.23. The minimum Gasteiger partial charge on any atom is -0.326 e. The van der Waals surface area contributed by atoms with Gasteiger partial charge in [-0.2, -0.15) is 13.2 Å². The van der Waals surface area contributed by atoms with Gasteiger partial charge in [-0.1, -0.05) is 29.8 Å². The van der Waals surface area contributed by atoms with Crippen LogP contribution >= 0.6 is 11.6 Å². The summed E-state index contributed by atoms with van der Waals surface area (Å²) in [5.41, 5.74) is -0.661. The molecule has 0 fully saturated rings. The number of hydrogen-bond acceptors (Lipinski definition) is 2. The van der Waals surface area contributed by atoms with Crippen LogP contribution in [0.25, 0.3) is 0 Å². The standard InChI is InChI=1S/C18H16ClF3N2O2/c1-11(25)23-13-7-8-16(14(10-13)18(20,21)22)24-17(26)9-6-12-4-2-3-5-15(12)19/h2-5,7-8,10H,6,9H2,1H3,(H,23,25)(H,24,26). The predicted molar refractivity (Wildman–Crippen MR) is 94.2 cm³/mol. The molecule has 0 atom stereocenters. The Hall–Kier alpha value is -2.54. The number of nitrogens with one attached hydrogen (secondary N) is 2. The molecule has 2 aromatic rings. The van der Waals surface area contributed by atoms with Crippen molar-refractivity contribution in [2.45, 2.75) is 25.9 Å². The Kier molecular flexibility index (Phi) is 6.26. The van der Waals surface area contributed by atoms with E-state index in [-0.39, 0.29) is 17.8 Å². The average molecular weight is 385 g/mol. The Balaban J connectivity index is 2.13. The van der Waals surface area contributed by atoms with Gasteiger partial charge in [-0.3, -0.25) is 9.59 Å². The topological polar surface area (TPSA) is 58.2 Å². The predicted octanol–water partition coefficient (Wildman–Crippen LogP) is 4.89. The van der Waals surface area contributed by atoms with E-state index in [0.29, 0.717) is 11.4 Å². The Morgan fingerprint density at radius 2 is 1.77 bits per heavy atom. The molecule has 0 aliphatic heterocycles. The number of aryl methyl sites for hydroxylation is 1. The van der Waals surface area contributed by atoms with Crippen molar-refractivity contribution in [1.82, 2.24) is 0 Å². The van der Waals surface area contributed by atoms with Gasteiger partial charge in [0, 0.05) is 24.1 Å². The number of benzene rings is 2. The van der Waals surface area contributed by atoms with Crippen LogP contribution in [0.2, 0.25) is 5.02 Å². The highest BCUT2D eigenvalue weighted by Crippen LogP contribution is 2.36. The zero-order valence-corrected chi connectivity index (χ0v) is 14.5. The van der Waals surface area contributed by atoms with Gasteiger partial charge in [0.05, 0.1) is 11.3 Å². The first-order valence-electron chi connectivity index (χ1n) is 7.69. The van der Waals surface area contributed by atoms with Crippen molar-refractivity contribution in [3.05, 3.63) is 58.6 Å². The van der Waals surface area contributed by atoms with E-state index in [0.717, 1.165) is 17.7 Å². The van der Waals surface area contributed by atoms with Crippen molar-refractivity contribution in [1.29, 1.82) is 0 Å². The van der Waals surface area contributed by atoms with Gasteiger partial charge in [0.25, 0.3) is 0 Å². The first-order valence-corrected chi connectivity index (χ1v) is 8.06. The summed E-state index contributed by atoms with van der Waals surface area (Å²) in [4.78, 5) is 23.1. The van der Waals surface area contributed by atoms with Gasteiger partial charge >= 0.3 is 6.18 Å². The third kappa shape index (κ3) is 5.49. The number of hydrogen-bond donors (Lipinski definition) is 2. The molecule has 2 rings (SSSR count). The summed E-state index contributed by atoms with van der Waals surface area (Å²) in [5, 5.41) is 5.05. The molecule has 0 aliphatic carbocycles. The lowest BCUT2D eigenvalue weighted by molar-refractivity contribution is -0.137. The Labute approximate surface area is 153 Å². The van der Waals surface area contributed by atoms with E-state index in [1.54, 1.807) is 24.3 Å². The SMILES string of the molecule is CC(=O)Nc1ccc(NC(=O)CCc2ccccc2Cl)c(C(F)(F)F)c1. The molecule has 0 aliphatic rings. The van der Waals surface area contributed by atoms with Crippen LogP contribution in [0.3, 0.4) is 0 Å². The third-order valence-electron chi connectivity index (χ3n) is 3.50. The quantitative estimate of drug-likeness (QED) is 0.771. The highest BCUT2D eigenvalue weighted by atomic mass is 35.5. The Morgan fingerprint density at radius 3 is 2.38 bits per heavy atom. The maximum Gasteiger partial charge on any atom is 0.418 e. The summed E-state index contributed by atoms with van der Waals surface area (Å²) in [6, 6.07) is 10.1. The Morgan fingerprint density at radius 1 is 1.08 bits per heavy atom. The average Bonchev–Trinajstić information content (AvgIpc) is 2.54. The molecule has 0 bridgehead atoms. The fourth-order valence-corrected chi connectivity index (χ4v) is 2.56. The molecule has 4 nitrogen and oxygen atoms in total. The van der Waals surface area contributed by atoms with Crippen LogP contribution < -0.4 is 10.6 Å². The van der Waals surface area contributed by atoms with Crippen LogP contribution in [0.15, 0.2) is 42.5 Å². The molecular formula is C18H16ClF3N2O2. The summed E-state index contributed by atoms with van der Waals surface area (Å²) in [6.07, 6.45) is -4.40. The van der Waals surface area contributed by atoms with Crippen molar-refractivity contribution in [2.24, 2.45) is 0 Å². The molecule has 0 unspecified atom stereocenters. The molecule has 0 aromatic heterocycles. The van der Waals surface area contributed by atoms with E-state index in [2.05, 4.69) is 10.6 Å². The molecule has 2 amide bonds. The largest absolute Gasteiger partial charge is 0.418 e. The first kappa shape index (κ1) is 19.8.